The Kier molecular flexibility index (Phi) is 4.76. The van der Waals surface area contributed by atoms with Crippen LogP contribution in [0.5, 0.6) is 0 Å². The van der Waals surface area contributed by atoms with Gasteiger partial charge in [-0.2, -0.15) is 0 Å². The molecule has 0 unspecified atom stereocenters. The molecule has 1 atom stereocenters. The van der Waals surface area contributed by atoms with E-state index in [0.717, 1.165) is 28.8 Å². The van der Waals surface area contributed by atoms with E-state index in [1.54, 1.807) is 17.4 Å². The van der Waals surface area contributed by atoms with Crippen molar-refractivity contribution < 1.29 is 9.53 Å². The van der Waals surface area contributed by atoms with Crippen LogP contribution in [0.15, 0.2) is 21.3 Å². The zero-order valence-electron chi connectivity index (χ0n) is 9.32. The van der Waals surface area contributed by atoms with Crippen molar-refractivity contribution in [1.29, 1.82) is 0 Å². The van der Waals surface area contributed by atoms with Crippen LogP contribution in [0.2, 0.25) is 0 Å². The predicted molar refractivity (Wildman–Crippen MR) is 73.0 cm³/mol. The molecule has 1 N–H and O–H groups in total. The molecule has 1 aromatic rings. The molecule has 3 nitrogen and oxygen atoms in total. The molecule has 92 valence electrons. The molecular weight excluding hydrogens is 302 g/mol. The third kappa shape index (κ3) is 4.26. The van der Waals surface area contributed by atoms with Gasteiger partial charge < -0.3 is 10.1 Å². The van der Waals surface area contributed by atoms with Crippen LogP contribution in [0, 0.1) is 0 Å². The van der Waals surface area contributed by atoms with E-state index in [-0.39, 0.29) is 12.0 Å². The first-order chi connectivity index (χ1) is 8.24. The van der Waals surface area contributed by atoms with Gasteiger partial charge in [-0.25, -0.2) is 0 Å². The maximum atomic E-state index is 11.5. The second-order valence-corrected chi connectivity index (χ2v) is 6.19. The lowest BCUT2D eigenvalue weighted by Crippen LogP contribution is -2.30. The average molecular weight is 316 g/mol. The molecule has 2 heterocycles. The highest BCUT2D eigenvalue weighted by Gasteiger charge is 2.15. The predicted octanol–water partition coefficient (Wildman–Crippen LogP) is 2.82. The summed E-state index contributed by atoms with van der Waals surface area (Å²) in [6, 6.07) is 1.98. The summed E-state index contributed by atoms with van der Waals surface area (Å²) in [5.74, 6) is -0.0668. The highest BCUT2D eigenvalue weighted by molar-refractivity contribution is 9.11. The number of hydrogen-bond acceptors (Lipinski definition) is 3. The van der Waals surface area contributed by atoms with Gasteiger partial charge in [0.15, 0.2) is 0 Å². The number of carbonyl (C=O) groups excluding carboxylic acids is 1. The van der Waals surface area contributed by atoms with E-state index >= 15 is 0 Å². The fourth-order valence-electron chi connectivity index (χ4n) is 1.66. The first kappa shape index (κ1) is 12.8. The minimum absolute atomic E-state index is 0.0668. The van der Waals surface area contributed by atoms with E-state index in [2.05, 4.69) is 21.2 Å². The summed E-state index contributed by atoms with van der Waals surface area (Å²) < 4.78 is 6.49. The number of hydrogen-bond donors (Lipinski definition) is 1. The number of nitrogens with one attached hydrogen (secondary N) is 1. The van der Waals surface area contributed by atoms with Gasteiger partial charge in [-0.1, -0.05) is 0 Å². The van der Waals surface area contributed by atoms with Crippen LogP contribution in [0.25, 0.3) is 6.08 Å². The Labute approximate surface area is 113 Å². The van der Waals surface area contributed by atoms with Crippen molar-refractivity contribution in [3.63, 3.8) is 0 Å². The zero-order valence-corrected chi connectivity index (χ0v) is 11.7. The van der Waals surface area contributed by atoms with Crippen LogP contribution in [-0.4, -0.2) is 25.2 Å². The third-order valence-electron chi connectivity index (χ3n) is 2.54. The molecule has 1 saturated heterocycles. The lowest BCUT2D eigenvalue weighted by Gasteiger charge is -2.08. The lowest BCUT2D eigenvalue weighted by molar-refractivity contribution is -0.116. The molecule has 0 radical (unpaired) electrons. The zero-order chi connectivity index (χ0) is 12.1. The van der Waals surface area contributed by atoms with Crippen LogP contribution in [0.3, 0.4) is 0 Å². The van der Waals surface area contributed by atoms with Crippen molar-refractivity contribution >= 4 is 39.2 Å². The summed E-state index contributed by atoms with van der Waals surface area (Å²) >= 11 is 4.99. The van der Waals surface area contributed by atoms with Crippen LogP contribution >= 0.6 is 27.3 Å². The summed E-state index contributed by atoms with van der Waals surface area (Å²) in [4.78, 5) is 11.5. The molecule has 1 aromatic heterocycles. The fraction of sp³-hybridized carbons (Fsp3) is 0.417. The Balaban J connectivity index is 1.74. The van der Waals surface area contributed by atoms with E-state index in [0.29, 0.717) is 6.54 Å². The quantitative estimate of drug-likeness (QED) is 0.868. The Morgan fingerprint density at radius 1 is 1.71 bits per heavy atom. The molecule has 0 saturated carbocycles. The van der Waals surface area contributed by atoms with E-state index in [4.69, 9.17) is 4.74 Å². The highest BCUT2D eigenvalue weighted by atomic mass is 79.9. The maximum absolute atomic E-state index is 11.5. The first-order valence-electron chi connectivity index (χ1n) is 5.55. The number of thiophene rings is 1. The Hall–Kier alpha value is -0.650. The van der Waals surface area contributed by atoms with Crippen molar-refractivity contribution in [2.45, 2.75) is 18.9 Å². The minimum Gasteiger partial charge on any atom is -0.376 e. The average Bonchev–Trinajstić information content (AvgIpc) is 2.95. The second kappa shape index (κ2) is 6.33. The van der Waals surface area contributed by atoms with Crippen LogP contribution in [0.4, 0.5) is 0 Å². The monoisotopic (exact) mass is 315 g/mol. The molecule has 5 heteroatoms. The van der Waals surface area contributed by atoms with Gasteiger partial charge in [0, 0.05) is 19.2 Å². The van der Waals surface area contributed by atoms with Crippen molar-refractivity contribution in [3.05, 3.63) is 26.9 Å². The van der Waals surface area contributed by atoms with E-state index in [9.17, 15) is 4.79 Å². The summed E-state index contributed by atoms with van der Waals surface area (Å²) in [6.45, 7) is 1.43. The summed E-state index contributed by atoms with van der Waals surface area (Å²) in [5.41, 5.74) is 1.04. The number of amides is 1. The Morgan fingerprint density at radius 3 is 3.24 bits per heavy atom. The second-order valence-electron chi connectivity index (χ2n) is 3.90. The van der Waals surface area contributed by atoms with Crippen LogP contribution in [-0.2, 0) is 9.53 Å². The molecule has 2 rings (SSSR count). The van der Waals surface area contributed by atoms with E-state index in [1.807, 2.05) is 17.5 Å². The van der Waals surface area contributed by atoms with Crippen molar-refractivity contribution in [1.82, 2.24) is 5.32 Å². The van der Waals surface area contributed by atoms with E-state index < -0.39 is 0 Å². The highest BCUT2D eigenvalue weighted by Crippen LogP contribution is 2.21. The van der Waals surface area contributed by atoms with Gasteiger partial charge in [0.1, 0.15) is 0 Å². The standard InChI is InChI=1S/C12H14BrNO2S/c13-11-6-9(8-17-11)3-4-12(15)14-7-10-2-1-5-16-10/h3-4,6,8,10H,1-2,5,7H2,(H,14,15)/b4-3+/t10-/m0/s1. The number of halogens is 1. The van der Waals surface area contributed by atoms with Gasteiger partial charge in [0.2, 0.25) is 5.91 Å². The third-order valence-corrected chi connectivity index (χ3v) is 4.07. The number of rotatable bonds is 4. The van der Waals surface area contributed by atoms with Gasteiger partial charge in [-0.3, -0.25) is 4.79 Å². The first-order valence-corrected chi connectivity index (χ1v) is 7.23. The number of carbonyl (C=O) groups is 1. The SMILES string of the molecule is O=C(/C=C/c1csc(Br)c1)NC[C@@H]1CCCO1. The molecule has 1 amide bonds. The van der Waals surface area contributed by atoms with E-state index in [1.165, 1.54) is 0 Å². The van der Waals surface area contributed by atoms with Gasteiger partial charge in [0.25, 0.3) is 0 Å². The molecule has 1 aliphatic heterocycles. The molecule has 0 spiro atoms. The molecule has 0 bridgehead atoms. The summed E-state index contributed by atoms with van der Waals surface area (Å²) in [6.07, 6.45) is 5.71. The van der Waals surface area contributed by atoms with Crippen LogP contribution in [0.1, 0.15) is 18.4 Å². The largest absolute Gasteiger partial charge is 0.376 e. The smallest absolute Gasteiger partial charge is 0.244 e. The minimum atomic E-state index is -0.0668. The summed E-state index contributed by atoms with van der Waals surface area (Å²) in [5, 5.41) is 4.84. The normalized spacial score (nSPS) is 19.9. The van der Waals surface area contributed by atoms with Gasteiger partial charge in [0.05, 0.1) is 9.89 Å². The van der Waals surface area contributed by atoms with Crippen molar-refractivity contribution in [2.24, 2.45) is 0 Å². The molecule has 0 aliphatic carbocycles. The van der Waals surface area contributed by atoms with Crippen molar-refractivity contribution in [2.75, 3.05) is 13.2 Å². The maximum Gasteiger partial charge on any atom is 0.244 e. The molecule has 17 heavy (non-hydrogen) atoms. The molecule has 0 aromatic carbocycles. The topological polar surface area (TPSA) is 38.3 Å². The Morgan fingerprint density at radius 2 is 2.59 bits per heavy atom. The van der Waals surface area contributed by atoms with Gasteiger partial charge in [-0.15, -0.1) is 11.3 Å². The molecule has 1 aliphatic rings. The molecule has 1 fully saturated rings. The fourth-order valence-corrected chi connectivity index (χ4v) is 2.81. The number of ether oxygens (including phenoxy) is 1. The van der Waals surface area contributed by atoms with Gasteiger partial charge in [-0.05, 0) is 51.9 Å². The van der Waals surface area contributed by atoms with Gasteiger partial charge >= 0.3 is 0 Å². The Bertz CT molecular complexity index is 410. The van der Waals surface area contributed by atoms with Crippen LogP contribution < -0.4 is 5.32 Å². The summed E-state index contributed by atoms with van der Waals surface area (Å²) in [7, 11) is 0. The lowest BCUT2D eigenvalue weighted by atomic mass is 10.2. The van der Waals surface area contributed by atoms with Crippen molar-refractivity contribution in [3.8, 4) is 0 Å². The molecular formula is C12H14BrNO2S.